The van der Waals surface area contributed by atoms with Gasteiger partial charge in [0.2, 0.25) is 0 Å². The molecule has 0 saturated carbocycles. The largest absolute Gasteiger partial charge is 0.367 e. The highest BCUT2D eigenvalue weighted by molar-refractivity contribution is 7.09. The van der Waals surface area contributed by atoms with Crippen LogP contribution in [0, 0.1) is 44.3 Å². The first-order valence-electron chi connectivity index (χ1n) is 9.00. The van der Waals surface area contributed by atoms with Gasteiger partial charge in [0.1, 0.15) is 32.3 Å². The highest BCUT2D eigenvalue weighted by atomic mass is 28.3. The molecule has 0 aliphatic heterocycles. The van der Waals surface area contributed by atoms with Gasteiger partial charge in [-0.15, -0.1) is 22.2 Å². The molecule has 0 bridgehead atoms. The van der Waals surface area contributed by atoms with E-state index in [0.717, 1.165) is 0 Å². The third-order valence-electron chi connectivity index (χ3n) is 2.50. The van der Waals surface area contributed by atoms with Crippen LogP contribution in [-0.2, 0) is 0 Å². The van der Waals surface area contributed by atoms with Crippen molar-refractivity contribution in [3.8, 4) is 44.3 Å². The molecule has 0 rings (SSSR count). The lowest BCUT2D eigenvalue weighted by atomic mass is 11.3. The van der Waals surface area contributed by atoms with Crippen LogP contribution in [0.25, 0.3) is 0 Å². The second-order valence-electron chi connectivity index (χ2n) is 10.8. The van der Waals surface area contributed by atoms with Crippen molar-refractivity contribution in [3.63, 3.8) is 0 Å². The molecule has 5 heteroatoms. The zero-order valence-corrected chi connectivity index (χ0v) is 23.5. The number of hydrogen-bond acceptors (Lipinski definition) is 0. The van der Waals surface area contributed by atoms with E-state index in [2.05, 4.69) is 123 Å². The summed E-state index contributed by atoms with van der Waals surface area (Å²) in [6.45, 7) is 27.4. The summed E-state index contributed by atoms with van der Waals surface area (Å²) in [4.78, 5) is 0. The van der Waals surface area contributed by atoms with E-state index in [0.29, 0.717) is 0 Å². The highest BCUT2D eigenvalue weighted by Crippen LogP contribution is 2.07. The Kier molecular flexibility index (Phi) is 8.12. The molecular weight excluding hydrogens is 381 g/mol. The molecule has 136 valence electrons. The van der Waals surface area contributed by atoms with Crippen LogP contribution in [0.2, 0.25) is 78.6 Å². The van der Waals surface area contributed by atoms with Crippen molar-refractivity contribution in [2.24, 2.45) is 0 Å². The Morgan fingerprint density at radius 1 is 0.280 bits per heavy atom. The summed E-state index contributed by atoms with van der Waals surface area (Å²) in [6.07, 6.45) is 0. The summed E-state index contributed by atoms with van der Waals surface area (Å²) in [7, 11) is -8.49. The van der Waals surface area contributed by atoms with E-state index in [9.17, 15) is 0 Å². The first-order chi connectivity index (χ1) is 10.8. The fraction of sp³-hybridized carbons (Fsp3) is 0.600. The van der Waals surface area contributed by atoms with Crippen LogP contribution in [0.5, 0.6) is 0 Å². The molecule has 0 atom stereocenters. The van der Waals surface area contributed by atoms with Gasteiger partial charge in [0.05, 0.1) is 0 Å². The third kappa shape index (κ3) is 14.2. The van der Waals surface area contributed by atoms with E-state index in [1.807, 2.05) is 0 Å². The standard InChI is InChI=1S/C20H36Si5/c1-21(2,3)13-17-25(18-14-22(4,5)6,19-15-23(7,8)9)20-16-24(10,11)12/h1-12H3. The quantitative estimate of drug-likeness (QED) is 0.380. The molecule has 0 saturated heterocycles. The van der Waals surface area contributed by atoms with Gasteiger partial charge in [-0.2, -0.15) is 0 Å². The molecule has 0 aromatic rings. The summed E-state index contributed by atoms with van der Waals surface area (Å²) in [5, 5.41) is 0. The number of rotatable bonds is 0. The Hall–Kier alpha value is -0.676. The highest BCUT2D eigenvalue weighted by Gasteiger charge is 2.28. The van der Waals surface area contributed by atoms with E-state index < -0.39 is 40.4 Å². The van der Waals surface area contributed by atoms with Gasteiger partial charge in [0.25, 0.3) is 0 Å². The van der Waals surface area contributed by atoms with Gasteiger partial charge in [0, 0.05) is 0 Å². The molecule has 0 radical (unpaired) electrons. The monoisotopic (exact) mass is 416 g/mol. The number of hydrogen-bond donors (Lipinski definition) is 0. The third-order valence-corrected chi connectivity index (χ3v) is 9.00. The summed E-state index contributed by atoms with van der Waals surface area (Å²) in [5.41, 5.74) is 28.6. The fourth-order valence-electron chi connectivity index (χ4n) is 1.31. The maximum absolute atomic E-state index is 3.59. The molecule has 0 aliphatic carbocycles. The second-order valence-corrected chi connectivity index (χ2v) is 32.2. The van der Waals surface area contributed by atoms with E-state index >= 15 is 0 Å². The predicted molar refractivity (Wildman–Crippen MR) is 130 cm³/mol. The summed E-state index contributed by atoms with van der Waals surface area (Å²) in [5.74, 6) is 0. The van der Waals surface area contributed by atoms with Crippen molar-refractivity contribution in [3.05, 3.63) is 0 Å². The molecule has 0 N–H and O–H groups in total. The predicted octanol–water partition coefficient (Wildman–Crippen LogP) is 5.12. The average molecular weight is 417 g/mol. The normalized spacial score (nSPS) is 12.3. The molecule has 0 heterocycles. The average Bonchev–Trinajstić information content (AvgIpc) is 2.33. The molecule has 0 fully saturated rings. The van der Waals surface area contributed by atoms with Gasteiger partial charge in [-0.3, -0.25) is 0 Å². The Labute approximate surface area is 163 Å². The maximum atomic E-state index is 3.59. The Morgan fingerprint density at radius 3 is 0.560 bits per heavy atom. The lowest BCUT2D eigenvalue weighted by Gasteiger charge is -2.13. The van der Waals surface area contributed by atoms with Crippen molar-refractivity contribution in [2.45, 2.75) is 78.6 Å². The molecule has 0 aliphatic rings. The molecule has 0 unspecified atom stereocenters. The van der Waals surface area contributed by atoms with Crippen LogP contribution in [0.15, 0.2) is 0 Å². The van der Waals surface area contributed by atoms with E-state index in [1.54, 1.807) is 0 Å². The van der Waals surface area contributed by atoms with Gasteiger partial charge >= 0.3 is 8.07 Å². The maximum Gasteiger partial charge on any atom is 0.367 e. The second kappa shape index (κ2) is 8.34. The van der Waals surface area contributed by atoms with Crippen LogP contribution in [0.1, 0.15) is 0 Å². The van der Waals surface area contributed by atoms with Gasteiger partial charge in [-0.05, 0) is 0 Å². The van der Waals surface area contributed by atoms with Crippen molar-refractivity contribution < 1.29 is 0 Å². The Bertz CT molecular complexity index is 585. The van der Waals surface area contributed by atoms with Crippen molar-refractivity contribution in [2.75, 3.05) is 0 Å². The molecule has 25 heavy (non-hydrogen) atoms. The Balaban J connectivity index is 6.66. The van der Waals surface area contributed by atoms with Gasteiger partial charge < -0.3 is 0 Å². The lowest BCUT2D eigenvalue weighted by molar-refractivity contribution is 1.81. The SMILES string of the molecule is C[Si](C)(C)C#C[Si](C#C[Si](C)(C)C)(C#C[Si](C)(C)C)C#C[Si](C)(C)C. The minimum absolute atomic E-state index is 1.49. The molecule has 0 amide bonds. The molecule has 0 spiro atoms. The van der Waals surface area contributed by atoms with Gasteiger partial charge in [-0.1, -0.05) is 101 Å². The molecular formula is C20H36Si5. The lowest BCUT2D eigenvalue weighted by Crippen LogP contribution is -2.34. The van der Waals surface area contributed by atoms with Crippen LogP contribution in [0.3, 0.4) is 0 Å². The zero-order chi connectivity index (χ0) is 20.2. The Morgan fingerprint density at radius 2 is 0.440 bits per heavy atom. The fourth-order valence-corrected chi connectivity index (χ4v) is 10.7. The summed E-state index contributed by atoms with van der Waals surface area (Å²) >= 11 is 0. The molecule has 0 aromatic carbocycles. The summed E-state index contributed by atoms with van der Waals surface area (Å²) < 4.78 is 0. The minimum Gasteiger partial charge on any atom is -0.136 e. The first kappa shape index (κ1) is 24.3. The minimum atomic E-state index is -2.54. The van der Waals surface area contributed by atoms with Crippen LogP contribution >= 0.6 is 0 Å². The first-order valence-corrected chi connectivity index (χ1v) is 25.0. The van der Waals surface area contributed by atoms with Crippen LogP contribution < -0.4 is 0 Å². The smallest absolute Gasteiger partial charge is 0.136 e. The van der Waals surface area contributed by atoms with E-state index in [-0.39, 0.29) is 0 Å². The van der Waals surface area contributed by atoms with E-state index in [1.165, 1.54) is 0 Å². The van der Waals surface area contributed by atoms with Crippen LogP contribution in [0.4, 0.5) is 0 Å². The van der Waals surface area contributed by atoms with E-state index in [4.69, 9.17) is 0 Å². The van der Waals surface area contributed by atoms with Crippen molar-refractivity contribution in [1.29, 1.82) is 0 Å². The van der Waals surface area contributed by atoms with Gasteiger partial charge in [0.15, 0.2) is 0 Å². The molecule has 0 nitrogen and oxygen atoms in total. The summed E-state index contributed by atoms with van der Waals surface area (Å²) in [6, 6.07) is 0. The molecule has 0 aromatic heterocycles. The topological polar surface area (TPSA) is 0 Å². The van der Waals surface area contributed by atoms with Crippen LogP contribution in [-0.4, -0.2) is 40.4 Å². The zero-order valence-electron chi connectivity index (χ0n) is 18.5. The van der Waals surface area contributed by atoms with Crippen molar-refractivity contribution in [1.82, 2.24) is 0 Å². The van der Waals surface area contributed by atoms with Gasteiger partial charge in [-0.25, -0.2) is 0 Å². The van der Waals surface area contributed by atoms with Crippen molar-refractivity contribution >= 4 is 40.4 Å².